The van der Waals surface area contributed by atoms with Crippen LogP contribution in [0.2, 0.25) is 0 Å². The average molecular weight is 417 g/mol. The summed E-state index contributed by atoms with van der Waals surface area (Å²) in [4.78, 5) is 29.3. The molecule has 2 N–H and O–H groups in total. The van der Waals surface area contributed by atoms with Crippen LogP contribution in [0.4, 0.5) is 4.79 Å². The fourth-order valence-corrected chi connectivity index (χ4v) is 5.02. The lowest BCUT2D eigenvalue weighted by Crippen LogP contribution is -2.63. The predicted octanol–water partition coefficient (Wildman–Crippen LogP) is 2.19. The Kier molecular flexibility index (Phi) is 5.30. The van der Waals surface area contributed by atoms with Crippen LogP contribution in [-0.2, 0) is 0 Å². The number of hydrogen-bond donors (Lipinski definition) is 2. The second-order valence-corrected chi connectivity index (χ2v) is 9.79. The van der Waals surface area contributed by atoms with Crippen LogP contribution in [0.1, 0.15) is 50.9 Å². The van der Waals surface area contributed by atoms with Gasteiger partial charge in [-0.1, -0.05) is 0 Å². The van der Waals surface area contributed by atoms with Crippen molar-refractivity contribution >= 4 is 11.9 Å². The maximum absolute atomic E-state index is 12.8. The molecule has 0 unspecified atom stereocenters. The van der Waals surface area contributed by atoms with E-state index in [-0.39, 0.29) is 35.9 Å². The highest BCUT2D eigenvalue weighted by molar-refractivity contribution is 5.95. The van der Waals surface area contributed by atoms with E-state index in [0.29, 0.717) is 43.2 Å². The first-order valence-electron chi connectivity index (χ1n) is 10.7. The largest absolute Gasteiger partial charge is 0.454 e. The summed E-state index contributed by atoms with van der Waals surface area (Å²) in [6.07, 6.45) is 1.79. The highest BCUT2D eigenvalue weighted by atomic mass is 16.7. The first-order valence-corrected chi connectivity index (χ1v) is 10.7. The lowest BCUT2D eigenvalue weighted by atomic mass is 9.80. The zero-order valence-electron chi connectivity index (χ0n) is 18.3. The number of urea groups is 1. The first kappa shape index (κ1) is 20.8. The molecule has 1 aromatic rings. The standard InChI is InChI=1S/C22H32N4O4/c1-21(2)12-16(13-22(3,4)24-21)23-20(28)26-9-7-25(8-10-26)19(27)15-5-6-17-18(11-15)30-14-29-17/h5-6,11,16,24H,7-10,12-14H2,1-4H3,(H,23,28). The molecule has 3 heterocycles. The monoisotopic (exact) mass is 416 g/mol. The summed E-state index contributed by atoms with van der Waals surface area (Å²) in [6, 6.07) is 5.35. The molecule has 0 aromatic heterocycles. The fourth-order valence-electron chi connectivity index (χ4n) is 5.02. The van der Waals surface area contributed by atoms with Crippen LogP contribution in [0.3, 0.4) is 0 Å². The van der Waals surface area contributed by atoms with Gasteiger partial charge in [-0.2, -0.15) is 0 Å². The molecule has 1 aromatic carbocycles. The van der Waals surface area contributed by atoms with Crippen LogP contribution >= 0.6 is 0 Å². The van der Waals surface area contributed by atoms with E-state index < -0.39 is 0 Å². The van der Waals surface area contributed by atoms with Crippen LogP contribution in [0.15, 0.2) is 18.2 Å². The summed E-state index contributed by atoms with van der Waals surface area (Å²) in [5, 5.41) is 6.86. The molecular formula is C22H32N4O4. The van der Waals surface area contributed by atoms with Crippen molar-refractivity contribution in [3.05, 3.63) is 23.8 Å². The molecule has 0 spiro atoms. The molecule has 0 aliphatic carbocycles. The molecule has 164 valence electrons. The molecular weight excluding hydrogens is 384 g/mol. The van der Waals surface area contributed by atoms with Crippen molar-refractivity contribution in [3.63, 3.8) is 0 Å². The molecule has 0 atom stereocenters. The molecule has 0 radical (unpaired) electrons. The van der Waals surface area contributed by atoms with Gasteiger partial charge in [0.25, 0.3) is 5.91 Å². The number of carbonyl (C=O) groups is 2. The van der Waals surface area contributed by atoms with Gasteiger partial charge in [-0.3, -0.25) is 4.79 Å². The topological polar surface area (TPSA) is 83.1 Å². The number of ether oxygens (including phenoxy) is 2. The molecule has 3 amide bonds. The molecule has 4 rings (SSSR count). The quantitative estimate of drug-likeness (QED) is 0.772. The maximum Gasteiger partial charge on any atom is 0.317 e. The van der Waals surface area contributed by atoms with Crippen molar-refractivity contribution in [3.8, 4) is 11.5 Å². The minimum Gasteiger partial charge on any atom is -0.454 e. The van der Waals surface area contributed by atoms with Crippen LogP contribution in [0.25, 0.3) is 0 Å². The van der Waals surface area contributed by atoms with E-state index in [1.165, 1.54) is 0 Å². The van der Waals surface area contributed by atoms with Gasteiger partial charge in [0, 0.05) is 48.9 Å². The summed E-state index contributed by atoms with van der Waals surface area (Å²) in [6.45, 7) is 11.0. The Labute approximate surface area is 177 Å². The zero-order valence-corrected chi connectivity index (χ0v) is 18.3. The molecule has 8 nitrogen and oxygen atoms in total. The lowest BCUT2D eigenvalue weighted by molar-refractivity contribution is 0.0656. The molecule has 2 fully saturated rings. The van der Waals surface area contributed by atoms with E-state index in [0.717, 1.165) is 12.8 Å². The Morgan fingerprint density at radius 2 is 1.57 bits per heavy atom. The second-order valence-electron chi connectivity index (χ2n) is 9.79. The van der Waals surface area contributed by atoms with E-state index in [2.05, 4.69) is 38.3 Å². The molecule has 0 saturated carbocycles. The maximum atomic E-state index is 12.8. The summed E-state index contributed by atoms with van der Waals surface area (Å²) in [5.74, 6) is 1.22. The van der Waals surface area contributed by atoms with Crippen molar-refractivity contribution in [1.29, 1.82) is 0 Å². The number of piperazine rings is 1. The Morgan fingerprint density at radius 3 is 2.23 bits per heavy atom. The number of carbonyl (C=O) groups excluding carboxylic acids is 2. The number of nitrogens with one attached hydrogen (secondary N) is 2. The van der Waals surface area contributed by atoms with Crippen LogP contribution in [-0.4, -0.2) is 71.8 Å². The number of rotatable bonds is 2. The van der Waals surface area contributed by atoms with E-state index in [1.807, 2.05) is 4.90 Å². The minimum atomic E-state index is -0.0461. The zero-order chi connectivity index (χ0) is 21.5. The smallest absolute Gasteiger partial charge is 0.317 e. The van der Waals surface area contributed by atoms with E-state index in [9.17, 15) is 9.59 Å². The Morgan fingerprint density at radius 1 is 0.967 bits per heavy atom. The number of piperidine rings is 1. The number of nitrogens with zero attached hydrogens (tertiary/aromatic N) is 2. The van der Waals surface area contributed by atoms with E-state index in [1.54, 1.807) is 23.1 Å². The third-order valence-electron chi connectivity index (χ3n) is 5.99. The van der Waals surface area contributed by atoms with Gasteiger partial charge < -0.3 is 29.9 Å². The predicted molar refractivity (Wildman–Crippen MR) is 113 cm³/mol. The van der Waals surface area contributed by atoms with Gasteiger partial charge in [0.15, 0.2) is 11.5 Å². The highest BCUT2D eigenvalue weighted by Gasteiger charge is 2.39. The first-order chi connectivity index (χ1) is 14.1. The van der Waals surface area contributed by atoms with Crippen molar-refractivity contribution in [2.75, 3.05) is 33.0 Å². The Bertz CT molecular complexity index is 814. The Hall–Kier alpha value is -2.48. The Balaban J connectivity index is 1.31. The highest BCUT2D eigenvalue weighted by Crippen LogP contribution is 2.33. The SMILES string of the molecule is CC1(C)CC(NC(=O)N2CCN(C(=O)c3ccc4c(c3)OCO4)CC2)CC(C)(C)N1. The molecule has 3 aliphatic heterocycles. The molecule has 8 heteroatoms. The van der Waals surface area contributed by atoms with Gasteiger partial charge in [-0.25, -0.2) is 4.79 Å². The van der Waals surface area contributed by atoms with Gasteiger partial charge >= 0.3 is 6.03 Å². The van der Waals surface area contributed by atoms with Crippen molar-refractivity contribution in [1.82, 2.24) is 20.4 Å². The third kappa shape index (κ3) is 4.48. The van der Waals surface area contributed by atoms with Gasteiger partial charge in [0.1, 0.15) is 0 Å². The molecule has 0 bridgehead atoms. The third-order valence-corrected chi connectivity index (χ3v) is 5.99. The lowest BCUT2D eigenvalue weighted by Gasteiger charge is -2.47. The molecule has 30 heavy (non-hydrogen) atoms. The van der Waals surface area contributed by atoms with Crippen molar-refractivity contribution in [2.45, 2.75) is 57.7 Å². The molecule has 2 saturated heterocycles. The van der Waals surface area contributed by atoms with Gasteiger partial charge in [-0.15, -0.1) is 0 Å². The van der Waals surface area contributed by atoms with Crippen molar-refractivity contribution < 1.29 is 19.1 Å². The van der Waals surface area contributed by atoms with E-state index in [4.69, 9.17) is 9.47 Å². The number of fused-ring (bicyclic) bond motifs is 1. The van der Waals surface area contributed by atoms with E-state index >= 15 is 0 Å². The normalized spacial score (nSPS) is 22.7. The van der Waals surface area contributed by atoms with Gasteiger partial charge in [0.2, 0.25) is 6.79 Å². The van der Waals surface area contributed by atoms with Gasteiger partial charge in [-0.05, 0) is 58.7 Å². The molecule has 3 aliphatic rings. The number of hydrogen-bond acceptors (Lipinski definition) is 5. The average Bonchev–Trinajstić information content (AvgIpc) is 3.12. The second kappa shape index (κ2) is 7.65. The number of amides is 3. The minimum absolute atomic E-state index is 0.0184. The fraction of sp³-hybridized carbons (Fsp3) is 0.636. The summed E-state index contributed by atoms with van der Waals surface area (Å²) in [7, 11) is 0. The summed E-state index contributed by atoms with van der Waals surface area (Å²) in [5.41, 5.74) is 0.543. The summed E-state index contributed by atoms with van der Waals surface area (Å²) < 4.78 is 10.7. The van der Waals surface area contributed by atoms with Gasteiger partial charge in [0.05, 0.1) is 0 Å². The summed E-state index contributed by atoms with van der Waals surface area (Å²) >= 11 is 0. The van der Waals surface area contributed by atoms with Crippen LogP contribution in [0.5, 0.6) is 11.5 Å². The van der Waals surface area contributed by atoms with Crippen LogP contribution in [0, 0.1) is 0 Å². The number of benzene rings is 1. The van der Waals surface area contributed by atoms with Crippen molar-refractivity contribution in [2.24, 2.45) is 0 Å². The van der Waals surface area contributed by atoms with Crippen LogP contribution < -0.4 is 20.1 Å².